The average Bonchev–Trinajstić information content (AvgIpc) is 3.24. The van der Waals surface area contributed by atoms with Gasteiger partial charge >= 0.3 is 5.97 Å². The number of esters is 1. The predicted molar refractivity (Wildman–Crippen MR) is 98.5 cm³/mol. The SMILES string of the molecule is CN1[C@@H]2CC[C@@H]1[C@H](OC(=O)C(O)(c1cccs1)C1CCCCC1)CC2. The lowest BCUT2D eigenvalue weighted by Gasteiger charge is -2.40. The van der Waals surface area contributed by atoms with Crippen LogP contribution in [0.5, 0.6) is 0 Å². The molecule has 4 rings (SSSR count). The molecule has 1 N–H and O–H groups in total. The second-order valence-corrected chi connectivity index (χ2v) is 9.01. The molecule has 1 saturated carbocycles. The van der Waals surface area contributed by atoms with Gasteiger partial charge in [-0.25, -0.2) is 4.79 Å². The third-order valence-corrected chi connectivity index (χ3v) is 7.77. The van der Waals surface area contributed by atoms with Crippen molar-refractivity contribution in [1.82, 2.24) is 4.90 Å². The number of thiophene rings is 1. The molecule has 3 fully saturated rings. The van der Waals surface area contributed by atoms with E-state index in [-0.39, 0.29) is 12.0 Å². The molecule has 5 heteroatoms. The zero-order chi connectivity index (χ0) is 17.4. The number of hydrogen-bond donors (Lipinski definition) is 1. The molecule has 2 saturated heterocycles. The number of ether oxygens (including phenoxy) is 1. The van der Waals surface area contributed by atoms with Crippen molar-refractivity contribution in [3.8, 4) is 0 Å². The van der Waals surface area contributed by atoms with E-state index in [1.807, 2.05) is 17.5 Å². The van der Waals surface area contributed by atoms with E-state index in [2.05, 4.69) is 11.9 Å². The van der Waals surface area contributed by atoms with Crippen LogP contribution in [0.2, 0.25) is 0 Å². The van der Waals surface area contributed by atoms with Crippen molar-refractivity contribution < 1.29 is 14.6 Å². The van der Waals surface area contributed by atoms with Crippen LogP contribution in [-0.2, 0) is 15.1 Å². The van der Waals surface area contributed by atoms with E-state index in [4.69, 9.17) is 4.74 Å². The van der Waals surface area contributed by atoms with Gasteiger partial charge in [0.05, 0.1) is 0 Å². The van der Waals surface area contributed by atoms with Crippen LogP contribution in [0.3, 0.4) is 0 Å². The summed E-state index contributed by atoms with van der Waals surface area (Å²) in [5.41, 5.74) is -1.47. The van der Waals surface area contributed by atoms with Crippen LogP contribution in [-0.4, -0.2) is 41.2 Å². The van der Waals surface area contributed by atoms with Crippen molar-refractivity contribution in [3.05, 3.63) is 22.4 Å². The summed E-state index contributed by atoms with van der Waals surface area (Å²) in [6.07, 6.45) is 9.41. The summed E-state index contributed by atoms with van der Waals surface area (Å²) in [6.45, 7) is 0. The molecule has 0 radical (unpaired) electrons. The number of aliphatic hydroxyl groups is 1. The minimum atomic E-state index is -1.47. The topological polar surface area (TPSA) is 49.8 Å². The van der Waals surface area contributed by atoms with Crippen molar-refractivity contribution in [2.45, 2.75) is 81.6 Å². The lowest BCUT2D eigenvalue weighted by molar-refractivity contribution is -0.185. The Labute approximate surface area is 154 Å². The molecule has 1 unspecified atom stereocenters. The highest BCUT2D eigenvalue weighted by Crippen LogP contribution is 2.43. The van der Waals surface area contributed by atoms with Crippen molar-refractivity contribution in [1.29, 1.82) is 0 Å². The molecule has 3 heterocycles. The maximum absolute atomic E-state index is 13.2. The molecular weight excluding hydrogens is 334 g/mol. The van der Waals surface area contributed by atoms with E-state index in [1.165, 1.54) is 24.2 Å². The van der Waals surface area contributed by atoms with Crippen LogP contribution in [0.4, 0.5) is 0 Å². The van der Waals surface area contributed by atoms with Gasteiger partial charge in [-0.1, -0.05) is 25.3 Å². The summed E-state index contributed by atoms with van der Waals surface area (Å²) in [5, 5.41) is 13.5. The van der Waals surface area contributed by atoms with Gasteiger partial charge in [-0.3, -0.25) is 4.90 Å². The van der Waals surface area contributed by atoms with Crippen LogP contribution < -0.4 is 0 Å². The van der Waals surface area contributed by atoms with E-state index in [9.17, 15) is 9.90 Å². The van der Waals surface area contributed by atoms with Crippen molar-refractivity contribution in [3.63, 3.8) is 0 Å². The highest BCUT2D eigenvalue weighted by Gasteiger charge is 2.50. The fourth-order valence-electron chi connectivity index (χ4n) is 5.24. The van der Waals surface area contributed by atoms with Crippen LogP contribution in [0.25, 0.3) is 0 Å². The lowest BCUT2D eigenvalue weighted by atomic mass is 9.76. The Hall–Kier alpha value is -0.910. The molecular formula is C20H29NO3S. The highest BCUT2D eigenvalue weighted by molar-refractivity contribution is 7.10. The summed E-state index contributed by atoms with van der Waals surface area (Å²) in [4.78, 5) is 16.4. The first-order valence-corrected chi connectivity index (χ1v) is 10.7. The van der Waals surface area contributed by atoms with E-state index < -0.39 is 11.6 Å². The first-order valence-electron chi connectivity index (χ1n) is 9.80. The molecule has 1 aromatic rings. The maximum Gasteiger partial charge on any atom is 0.344 e. The monoisotopic (exact) mass is 363 g/mol. The van der Waals surface area contributed by atoms with E-state index >= 15 is 0 Å². The van der Waals surface area contributed by atoms with Crippen LogP contribution in [0, 0.1) is 5.92 Å². The van der Waals surface area contributed by atoms with Gasteiger partial charge in [-0.2, -0.15) is 0 Å². The zero-order valence-corrected chi connectivity index (χ0v) is 15.8. The summed E-state index contributed by atoms with van der Waals surface area (Å²) >= 11 is 1.47. The van der Waals surface area contributed by atoms with Crippen LogP contribution in [0.1, 0.15) is 62.7 Å². The Kier molecular flexibility index (Phi) is 4.91. The van der Waals surface area contributed by atoms with Gasteiger partial charge in [0.2, 0.25) is 0 Å². The van der Waals surface area contributed by atoms with E-state index in [1.54, 1.807) is 0 Å². The van der Waals surface area contributed by atoms with Crippen molar-refractivity contribution in [2.75, 3.05) is 7.05 Å². The van der Waals surface area contributed by atoms with Gasteiger partial charge in [-0.15, -0.1) is 11.3 Å². The molecule has 2 aliphatic heterocycles. The molecule has 4 atom stereocenters. The van der Waals surface area contributed by atoms with Gasteiger partial charge in [0.25, 0.3) is 0 Å². The zero-order valence-electron chi connectivity index (χ0n) is 15.0. The van der Waals surface area contributed by atoms with Gasteiger partial charge in [0.15, 0.2) is 5.60 Å². The average molecular weight is 364 g/mol. The predicted octanol–water partition coefficient (Wildman–Crippen LogP) is 3.68. The van der Waals surface area contributed by atoms with E-state index in [0.29, 0.717) is 12.1 Å². The molecule has 0 spiro atoms. The lowest BCUT2D eigenvalue weighted by Crippen LogP contribution is -2.51. The largest absolute Gasteiger partial charge is 0.458 e. The minimum absolute atomic E-state index is 0.0231. The first-order chi connectivity index (χ1) is 12.1. The molecule has 1 aliphatic carbocycles. The van der Waals surface area contributed by atoms with Gasteiger partial charge in [0.1, 0.15) is 6.10 Å². The second kappa shape index (κ2) is 7.01. The van der Waals surface area contributed by atoms with Crippen LogP contribution >= 0.6 is 11.3 Å². The molecule has 0 aromatic carbocycles. The highest BCUT2D eigenvalue weighted by atomic mass is 32.1. The fraction of sp³-hybridized carbons (Fsp3) is 0.750. The summed E-state index contributed by atoms with van der Waals surface area (Å²) in [6, 6.07) is 4.77. The summed E-state index contributed by atoms with van der Waals surface area (Å²) in [5.74, 6) is -0.435. The molecule has 25 heavy (non-hydrogen) atoms. The Morgan fingerprint density at radius 1 is 1.20 bits per heavy atom. The maximum atomic E-state index is 13.2. The third-order valence-electron chi connectivity index (χ3n) is 6.77. The van der Waals surface area contributed by atoms with Gasteiger partial charge in [-0.05, 0) is 57.0 Å². The molecule has 3 aliphatic rings. The number of hydrogen-bond acceptors (Lipinski definition) is 5. The number of carbonyl (C=O) groups excluding carboxylic acids is 1. The second-order valence-electron chi connectivity index (χ2n) is 8.06. The Morgan fingerprint density at radius 3 is 2.68 bits per heavy atom. The molecule has 2 bridgehead atoms. The third kappa shape index (κ3) is 3.04. The molecule has 1 aromatic heterocycles. The number of nitrogens with zero attached hydrogens (tertiary/aromatic N) is 1. The number of fused-ring (bicyclic) bond motifs is 2. The Bertz CT molecular complexity index is 598. The molecule has 138 valence electrons. The number of piperidine rings is 1. The molecule has 0 amide bonds. The smallest absolute Gasteiger partial charge is 0.344 e. The van der Waals surface area contributed by atoms with Gasteiger partial charge < -0.3 is 9.84 Å². The normalized spacial score (nSPS) is 33.1. The molecule has 4 nitrogen and oxygen atoms in total. The number of carbonyl (C=O) groups is 1. The standard InChI is InChI=1S/C20H29NO3S/c1-21-15-9-11-16(21)17(12-10-15)24-19(22)20(23,18-8-5-13-25-18)14-6-3-2-4-7-14/h5,8,13-17,23H,2-4,6-7,9-12H2,1H3/t15-,16-,17-,20?/m1/s1. The quantitative estimate of drug-likeness (QED) is 0.829. The summed E-state index contributed by atoms with van der Waals surface area (Å²) in [7, 11) is 2.15. The van der Waals surface area contributed by atoms with Crippen molar-refractivity contribution >= 4 is 17.3 Å². The number of rotatable bonds is 4. The van der Waals surface area contributed by atoms with E-state index in [0.717, 1.165) is 49.8 Å². The van der Waals surface area contributed by atoms with Crippen molar-refractivity contribution in [2.24, 2.45) is 5.92 Å². The van der Waals surface area contributed by atoms with Crippen LogP contribution in [0.15, 0.2) is 17.5 Å². The first kappa shape index (κ1) is 17.5. The Morgan fingerprint density at radius 2 is 1.96 bits per heavy atom. The Balaban J connectivity index is 1.56. The summed E-state index contributed by atoms with van der Waals surface area (Å²) < 4.78 is 6.01. The fourth-order valence-corrected chi connectivity index (χ4v) is 6.13. The van der Waals surface area contributed by atoms with Gasteiger partial charge in [0, 0.05) is 22.9 Å². The number of likely N-dealkylation sites (N-methyl/N-ethyl adjacent to an activating group) is 1. The minimum Gasteiger partial charge on any atom is -0.458 e.